The van der Waals surface area contributed by atoms with Crippen molar-refractivity contribution in [1.29, 1.82) is 0 Å². The number of rotatable bonds is 2. The molecule has 0 aromatic heterocycles. The summed E-state index contributed by atoms with van der Waals surface area (Å²) < 4.78 is 0. The summed E-state index contributed by atoms with van der Waals surface area (Å²) in [7, 11) is 0. The van der Waals surface area contributed by atoms with Gasteiger partial charge in [0, 0.05) is 16.3 Å². The molecule has 1 amide bonds. The van der Waals surface area contributed by atoms with Crippen molar-refractivity contribution in [2.45, 2.75) is 26.2 Å². The molecule has 2 aromatic carbocycles. The predicted molar refractivity (Wildman–Crippen MR) is 103 cm³/mol. The van der Waals surface area contributed by atoms with Crippen LogP contribution in [-0.2, 0) is 5.41 Å². The van der Waals surface area contributed by atoms with E-state index in [1.165, 1.54) is 5.56 Å². The Bertz CT molecular complexity index is 721. The number of carbonyl (C=O) groups is 1. The van der Waals surface area contributed by atoms with Crippen LogP contribution in [-0.4, -0.2) is 11.0 Å². The van der Waals surface area contributed by atoms with Gasteiger partial charge in [0.05, 0.1) is 0 Å². The summed E-state index contributed by atoms with van der Waals surface area (Å²) in [4.78, 5) is 12.1. The molecule has 126 valence electrons. The highest BCUT2D eigenvalue weighted by atomic mass is 35.5. The van der Waals surface area contributed by atoms with Gasteiger partial charge in [-0.05, 0) is 59.6 Å². The van der Waals surface area contributed by atoms with E-state index < -0.39 is 0 Å². The lowest BCUT2D eigenvalue weighted by Gasteiger charge is -2.19. The van der Waals surface area contributed by atoms with Crippen molar-refractivity contribution in [3.63, 3.8) is 0 Å². The van der Waals surface area contributed by atoms with Crippen LogP contribution >= 0.6 is 23.8 Å². The highest BCUT2D eigenvalue weighted by Gasteiger charge is 2.14. The van der Waals surface area contributed by atoms with Crippen LogP contribution in [0.15, 0.2) is 48.5 Å². The molecular weight excluding hydrogens is 342 g/mol. The minimum Gasteiger partial charge on any atom is -0.331 e. The van der Waals surface area contributed by atoms with Crippen LogP contribution < -0.4 is 16.2 Å². The number of thiocarbonyl (C=S) groups is 1. The van der Waals surface area contributed by atoms with E-state index in [0.29, 0.717) is 10.6 Å². The summed E-state index contributed by atoms with van der Waals surface area (Å²) in [5.74, 6) is -0.254. The third-order valence-corrected chi connectivity index (χ3v) is 3.86. The maximum absolute atomic E-state index is 12.1. The van der Waals surface area contributed by atoms with E-state index in [2.05, 4.69) is 36.9 Å². The zero-order valence-corrected chi connectivity index (χ0v) is 15.4. The largest absolute Gasteiger partial charge is 0.331 e. The molecule has 24 heavy (non-hydrogen) atoms. The molecule has 0 saturated carbocycles. The van der Waals surface area contributed by atoms with Gasteiger partial charge in [0.25, 0.3) is 5.91 Å². The molecule has 0 atom stereocenters. The van der Waals surface area contributed by atoms with Crippen molar-refractivity contribution >= 4 is 40.5 Å². The third kappa shape index (κ3) is 5.22. The lowest BCUT2D eigenvalue weighted by atomic mass is 9.87. The Kier molecular flexibility index (Phi) is 5.80. The number of hydrazine groups is 1. The molecule has 0 aliphatic rings. The molecule has 2 aromatic rings. The molecule has 0 radical (unpaired) electrons. The number of anilines is 1. The molecular formula is C18H20ClN3OS. The Labute approximate surface area is 152 Å². The van der Waals surface area contributed by atoms with Crippen LogP contribution in [0.3, 0.4) is 0 Å². The van der Waals surface area contributed by atoms with Crippen molar-refractivity contribution in [1.82, 2.24) is 10.9 Å². The Balaban J connectivity index is 1.88. The fourth-order valence-corrected chi connectivity index (χ4v) is 2.30. The van der Waals surface area contributed by atoms with Crippen LogP contribution in [0, 0.1) is 0 Å². The second-order valence-electron chi connectivity index (χ2n) is 6.37. The molecule has 6 heteroatoms. The first-order valence-corrected chi connectivity index (χ1v) is 8.28. The number of carbonyl (C=O) groups excluding carboxylic acids is 1. The molecule has 0 unspecified atom stereocenters. The zero-order valence-electron chi connectivity index (χ0n) is 13.8. The number of amides is 1. The lowest BCUT2D eigenvalue weighted by molar-refractivity contribution is 0.0944. The first kappa shape index (κ1) is 18.2. The third-order valence-electron chi connectivity index (χ3n) is 3.40. The van der Waals surface area contributed by atoms with Gasteiger partial charge < -0.3 is 5.32 Å². The van der Waals surface area contributed by atoms with Gasteiger partial charge >= 0.3 is 0 Å². The van der Waals surface area contributed by atoms with Crippen LogP contribution in [0.2, 0.25) is 5.02 Å². The normalized spacial score (nSPS) is 10.8. The van der Waals surface area contributed by atoms with Crippen LogP contribution in [0.5, 0.6) is 0 Å². The van der Waals surface area contributed by atoms with Crippen molar-refractivity contribution in [3.05, 3.63) is 64.7 Å². The lowest BCUT2D eigenvalue weighted by Crippen LogP contribution is -2.43. The Hall–Kier alpha value is -2.11. The fraction of sp³-hybridized carbons (Fsp3) is 0.222. The summed E-state index contributed by atoms with van der Waals surface area (Å²) >= 11 is 11.0. The van der Waals surface area contributed by atoms with Gasteiger partial charge in [-0.25, -0.2) is 0 Å². The van der Waals surface area contributed by atoms with E-state index in [1.54, 1.807) is 36.4 Å². The first-order valence-electron chi connectivity index (χ1n) is 7.49. The molecule has 0 saturated heterocycles. The molecule has 0 spiro atoms. The quantitative estimate of drug-likeness (QED) is 0.552. The first-order chi connectivity index (χ1) is 11.3. The van der Waals surface area contributed by atoms with Crippen molar-refractivity contribution in [3.8, 4) is 0 Å². The van der Waals surface area contributed by atoms with Gasteiger partial charge in [-0.2, -0.15) is 0 Å². The summed E-state index contributed by atoms with van der Waals surface area (Å²) in [6.07, 6.45) is 0. The number of nitrogens with one attached hydrogen (secondary N) is 3. The van der Waals surface area contributed by atoms with Gasteiger partial charge in [-0.3, -0.25) is 15.6 Å². The molecule has 4 nitrogen and oxygen atoms in total. The Morgan fingerprint density at radius 1 is 0.958 bits per heavy atom. The number of benzene rings is 2. The average Bonchev–Trinajstić information content (AvgIpc) is 2.54. The molecule has 2 rings (SSSR count). The van der Waals surface area contributed by atoms with E-state index in [1.807, 2.05) is 12.1 Å². The average molecular weight is 362 g/mol. The van der Waals surface area contributed by atoms with Crippen molar-refractivity contribution < 1.29 is 4.79 Å². The highest BCUT2D eigenvalue weighted by molar-refractivity contribution is 7.80. The van der Waals surface area contributed by atoms with Gasteiger partial charge in [-0.15, -0.1) is 0 Å². The predicted octanol–water partition coefficient (Wildman–Crippen LogP) is 4.27. The van der Waals surface area contributed by atoms with Crippen LogP contribution in [0.1, 0.15) is 36.7 Å². The summed E-state index contributed by atoms with van der Waals surface area (Å²) in [6.45, 7) is 6.39. The van der Waals surface area contributed by atoms with Gasteiger partial charge in [-0.1, -0.05) is 44.5 Å². The Morgan fingerprint density at radius 3 is 2.08 bits per heavy atom. The topological polar surface area (TPSA) is 53.2 Å². The van der Waals surface area contributed by atoms with E-state index in [4.69, 9.17) is 23.8 Å². The van der Waals surface area contributed by atoms with Crippen LogP contribution in [0.25, 0.3) is 0 Å². The molecule has 0 heterocycles. The maximum Gasteiger partial charge on any atom is 0.269 e. The second-order valence-corrected chi connectivity index (χ2v) is 7.21. The maximum atomic E-state index is 12.1. The van der Waals surface area contributed by atoms with Crippen LogP contribution in [0.4, 0.5) is 5.69 Å². The monoisotopic (exact) mass is 361 g/mol. The Morgan fingerprint density at radius 2 is 1.54 bits per heavy atom. The summed E-state index contributed by atoms with van der Waals surface area (Å²) in [6, 6.07) is 14.6. The van der Waals surface area contributed by atoms with E-state index in [0.717, 1.165) is 5.69 Å². The minimum absolute atomic E-state index is 0.0529. The smallest absolute Gasteiger partial charge is 0.269 e. The standard InChI is InChI=1S/C18H20ClN3OS/c1-18(2,3)13-6-4-12(5-7-13)16(23)21-22-17(24)20-15-10-8-14(19)9-11-15/h4-11H,1-3H3,(H,21,23)(H2,20,22,24). The highest BCUT2D eigenvalue weighted by Crippen LogP contribution is 2.22. The zero-order chi connectivity index (χ0) is 17.7. The summed E-state index contributed by atoms with van der Waals surface area (Å²) in [5.41, 5.74) is 7.81. The number of hydrogen-bond acceptors (Lipinski definition) is 2. The van der Waals surface area contributed by atoms with E-state index in [-0.39, 0.29) is 16.4 Å². The molecule has 0 fully saturated rings. The fourth-order valence-electron chi connectivity index (χ4n) is 2.00. The number of halogens is 1. The van der Waals surface area contributed by atoms with Gasteiger partial charge in [0.2, 0.25) is 0 Å². The minimum atomic E-state index is -0.254. The molecule has 0 aliphatic heterocycles. The van der Waals surface area contributed by atoms with E-state index >= 15 is 0 Å². The molecule has 0 bridgehead atoms. The second kappa shape index (κ2) is 7.64. The summed E-state index contributed by atoms with van der Waals surface area (Å²) in [5, 5.41) is 3.89. The SMILES string of the molecule is CC(C)(C)c1ccc(C(=O)NNC(=S)Nc2ccc(Cl)cc2)cc1. The van der Waals surface area contributed by atoms with Crippen molar-refractivity contribution in [2.75, 3.05) is 5.32 Å². The van der Waals surface area contributed by atoms with E-state index in [9.17, 15) is 4.79 Å². The number of hydrogen-bond donors (Lipinski definition) is 3. The molecule has 0 aliphatic carbocycles. The van der Waals surface area contributed by atoms with Gasteiger partial charge in [0.1, 0.15) is 0 Å². The van der Waals surface area contributed by atoms with Gasteiger partial charge in [0.15, 0.2) is 5.11 Å². The van der Waals surface area contributed by atoms with Crippen molar-refractivity contribution in [2.24, 2.45) is 0 Å². The molecule has 3 N–H and O–H groups in total.